The van der Waals surface area contributed by atoms with Crippen molar-refractivity contribution in [3.05, 3.63) is 29.3 Å². The van der Waals surface area contributed by atoms with E-state index in [1.807, 2.05) is 32.0 Å². The van der Waals surface area contributed by atoms with Crippen LogP contribution in [0.3, 0.4) is 0 Å². The lowest BCUT2D eigenvalue weighted by Crippen LogP contribution is -2.43. The molecule has 0 bridgehead atoms. The van der Waals surface area contributed by atoms with Gasteiger partial charge in [0, 0.05) is 24.6 Å². The molecule has 1 atom stereocenters. The summed E-state index contributed by atoms with van der Waals surface area (Å²) in [4.78, 5) is 24.1. The van der Waals surface area contributed by atoms with Gasteiger partial charge in [0.25, 0.3) is 0 Å². The number of hydrogen-bond acceptors (Lipinski definition) is 3. The van der Waals surface area contributed by atoms with Gasteiger partial charge in [0.2, 0.25) is 5.91 Å². The van der Waals surface area contributed by atoms with E-state index in [-0.39, 0.29) is 18.0 Å². The van der Waals surface area contributed by atoms with Gasteiger partial charge in [-0.2, -0.15) is 0 Å². The van der Waals surface area contributed by atoms with Crippen LogP contribution in [0.2, 0.25) is 0 Å². The van der Waals surface area contributed by atoms with Crippen molar-refractivity contribution in [1.82, 2.24) is 16.0 Å². The summed E-state index contributed by atoms with van der Waals surface area (Å²) in [6.07, 6.45) is 6.77. The molecule has 2 rings (SSSR count). The number of benzene rings is 1. The first-order valence-electron chi connectivity index (χ1n) is 9.98. The van der Waals surface area contributed by atoms with E-state index in [9.17, 15) is 9.59 Å². The summed E-state index contributed by atoms with van der Waals surface area (Å²) >= 11 is 0. The minimum absolute atomic E-state index is 0.0273. The number of carbonyl (C=O) groups is 2. The average Bonchev–Trinajstić information content (AvgIpc) is 2.66. The van der Waals surface area contributed by atoms with Crippen LogP contribution in [0.1, 0.15) is 69.0 Å². The molecule has 0 aliphatic heterocycles. The predicted molar refractivity (Wildman–Crippen MR) is 107 cm³/mol. The maximum absolute atomic E-state index is 12.2. The van der Waals surface area contributed by atoms with E-state index in [1.54, 1.807) is 7.11 Å². The van der Waals surface area contributed by atoms with Crippen LogP contribution in [-0.2, 0) is 4.79 Å². The molecule has 1 aliphatic carbocycles. The number of nitrogens with one attached hydrogen (secondary N) is 3. The number of methoxy groups -OCH3 is 1. The molecule has 27 heavy (non-hydrogen) atoms. The molecule has 1 saturated carbocycles. The molecule has 0 unspecified atom stereocenters. The monoisotopic (exact) mass is 375 g/mol. The van der Waals surface area contributed by atoms with Gasteiger partial charge < -0.3 is 20.7 Å². The zero-order chi connectivity index (χ0) is 19.6. The zero-order valence-electron chi connectivity index (χ0n) is 16.8. The number of ether oxygens (including phenoxy) is 1. The minimum atomic E-state index is -0.130. The lowest BCUT2D eigenvalue weighted by atomic mass is 9.96. The first-order valence-corrected chi connectivity index (χ1v) is 9.98. The largest absolute Gasteiger partial charge is 0.496 e. The number of hydrogen-bond donors (Lipinski definition) is 3. The van der Waals surface area contributed by atoms with Crippen LogP contribution < -0.4 is 20.7 Å². The van der Waals surface area contributed by atoms with E-state index in [1.165, 1.54) is 19.3 Å². The van der Waals surface area contributed by atoms with Gasteiger partial charge in [0.1, 0.15) is 5.75 Å². The van der Waals surface area contributed by atoms with Crippen molar-refractivity contribution >= 4 is 11.9 Å². The Labute approximate surface area is 162 Å². The van der Waals surface area contributed by atoms with Gasteiger partial charge >= 0.3 is 6.03 Å². The molecule has 150 valence electrons. The first kappa shape index (κ1) is 21.1. The maximum Gasteiger partial charge on any atom is 0.315 e. The van der Waals surface area contributed by atoms with Gasteiger partial charge in [-0.3, -0.25) is 4.79 Å². The summed E-state index contributed by atoms with van der Waals surface area (Å²) in [5.74, 6) is 0.745. The lowest BCUT2D eigenvalue weighted by Gasteiger charge is -2.22. The summed E-state index contributed by atoms with van der Waals surface area (Å²) in [5.41, 5.74) is 2.09. The van der Waals surface area contributed by atoms with Gasteiger partial charge in [-0.1, -0.05) is 37.0 Å². The van der Waals surface area contributed by atoms with Crippen LogP contribution in [-0.4, -0.2) is 31.6 Å². The molecule has 6 nitrogen and oxygen atoms in total. The Morgan fingerprint density at radius 2 is 1.96 bits per heavy atom. The maximum atomic E-state index is 12.2. The fourth-order valence-electron chi connectivity index (χ4n) is 3.52. The van der Waals surface area contributed by atoms with Crippen LogP contribution in [0.4, 0.5) is 4.79 Å². The van der Waals surface area contributed by atoms with E-state index in [0.717, 1.165) is 29.7 Å². The fraction of sp³-hybridized carbons (Fsp3) is 0.619. The molecular weight excluding hydrogens is 342 g/mol. The second-order valence-corrected chi connectivity index (χ2v) is 7.37. The number of urea groups is 1. The van der Waals surface area contributed by atoms with Crippen LogP contribution in [0.5, 0.6) is 5.75 Å². The van der Waals surface area contributed by atoms with E-state index in [2.05, 4.69) is 16.0 Å². The number of carbonyl (C=O) groups excluding carboxylic acids is 2. The topological polar surface area (TPSA) is 79.5 Å². The molecular formula is C21H33N3O3. The molecule has 0 heterocycles. The molecule has 3 N–H and O–H groups in total. The van der Waals surface area contributed by atoms with Crippen LogP contribution >= 0.6 is 0 Å². The summed E-state index contributed by atoms with van der Waals surface area (Å²) in [7, 11) is 1.63. The molecule has 0 saturated heterocycles. The van der Waals surface area contributed by atoms with Crippen molar-refractivity contribution in [1.29, 1.82) is 0 Å². The summed E-state index contributed by atoms with van der Waals surface area (Å²) in [5, 5.41) is 8.86. The van der Waals surface area contributed by atoms with Gasteiger partial charge in [-0.15, -0.1) is 0 Å². The predicted octanol–water partition coefficient (Wildman–Crippen LogP) is 3.59. The minimum Gasteiger partial charge on any atom is -0.496 e. The van der Waals surface area contributed by atoms with E-state index in [4.69, 9.17) is 4.74 Å². The third kappa shape index (κ3) is 7.12. The lowest BCUT2D eigenvalue weighted by molar-refractivity contribution is -0.121. The normalized spacial score (nSPS) is 15.7. The number of aryl methyl sites for hydroxylation is 1. The Morgan fingerprint density at radius 1 is 1.22 bits per heavy atom. The highest BCUT2D eigenvalue weighted by molar-refractivity contribution is 5.77. The molecule has 1 aliphatic rings. The average molecular weight is 376 g/mol. The van der Waals surface area contributed by atoms with E-state index >= 15 is 0 Å². The van der Waals surface area contributed by atoms with Crippen LogP contribution in [0, 0.1) is 6.92 Å². The van der Waals surface area contributed by atoms with E-state index in [0.29, 0.717) is 25.4 Å². The summed E-state index contributed by atoms with van der Waals surface area (Å²) in [6, 6.07) is 5.98. The highest BCUT2D eigenvalue weighted by Gasteiger charge is 2.16. The van der Waals surface area contributed by atoms with Crippen molar-refractivity contribution in [2.75, 3.05) is 13.7 Å². The summed E-state index contributed by atoms with van der Waals surface area (Å²) in [6.45, 7) is 4.46. The highest BCUT2D eigenvalue weighted by Crippen LogP contribution is 2.26. The standard InChI is InChI=1S/C21H33N3O3/c1-15-11-12-19(27-3)18(14-15)16(2)23-20(25)10-7-13-22-21(26)24-17-8-5-4-6-9-17/h11-12,14,16-17H,4-10,13H2,1-3H3,(H,23,25)(H2,22,24,26)/t16-/m1/s1. The van der Waals surface area contributed by atoms with Crippen molar-refractivity contribution in [2.45, 2.75) is 70.9 Å². The quantitative estimate of drug-likeness (QED) is 0.608. The fourth-order valence-corrected chi connectivity index (χ4v) is 3.52. The third-order valence-electron chi connectivity index (χ3n) is 5.04. The Morgan fingerprint density at radius 3 is 2.67 bits per heavy atom. The van der Waals surface area contributed by atoms with Gasteiger partial charge in [0.15, 0.2) is 0 Å². The molecule has 1 aromatic carbocycles. The molecule has 1 aromatic rings. The first-order chi connectivity index (χ1) is 13.0. The molecule has 3 amide bonds. The van der Waals surface area contributed by atoms with Gasteiger partial charge in [-0.25, -0.2) is 4.79 Å². The Hall–Kier alpha value is -2.24. The number of amides is 3. The van der Waals surface area contributed by atoms with Gasteiger partial charge in [-0.05, 0) is 39.2 Å². The number of rotatable bonds is 8. The summed E-state index contributed by atoms with van der Waals surface area (Å²) < 4.78 is 5.38. The molecule has 0 aromatic heterocycles. The smallest absolute Gasteiger partial charge is 0.315 e. The second-order valence-electron chi connectivity index (χ2n) is 7.37. The Balaban J connectivity index is 1.67. The molecule has 1 fully saturated rings. The van der Waals surface area contributed by atoms with Crippen molar-refractivity contribution in [3.63, 3.8) is 0 Å². The SMILES string of the molecule is COc1ccc(C)cc1[C@@H](C)NC(=O)CCCNC(=O)NC1CCCCC1. The van der Waals surface area contributed by atoms with Crippen LogP contribution in [0.15, 0.2) is 18.2 Å². The third-order valence-corrected chi connectivity index (χ3v) is 5.04. The van der Waals surface area contributed by atoms with Crippen molar-refractivity contribution in [2.24, 2.45) is 0 Å². The van der Waals surface area contributed by atoms with Gasteiger partial charge in [0.05, 0.1) is 13.2 Å². The zero-order valence-corrected chi connectivity index (χ0v) is 16.8. The van der Waals surface area contributed by atoms with Crippen molar-refractivity contribution in [3.8, 4) is 5.75 Å². The molecule has 6 heteroatoms. The molecule has 0 radical (unpaired) electrons. The van der Waals surface area contributed by atoms with Crippen molar-refractivity contribution < 1.29 is 14.3 Å². The Bertz CT molecular complexity index is 627. The highest BCUT2D eigenvalue weighted by atomic mass is 16.5. The Kier molecular flexibility index (Phi) is 8.43. The molecule has 0 spiro atoms. The van der Waals surface area contributed by atoms with Crippen LogP contribution in [0.25, 0.3) is 0 Å². The second kappa shape index (κ2) is 10.8. The van der Waals surface area contributed by atoms with E-state index < -0.39 is 0 Å².